The highest BCUT2D eigenvalue weighted by atomic mass is 32.2. The van der Waals surface area contributed by atoms with E-state index >= 15 is 0 Å². The first kappa shape index (κ1) is 15.6. The first-order valence-electron chi connectivity index (χ1n) is 6.81. The number of aryl methyl sites for hydroxylation is 3. The molecule has 0 unspecified atom stereocenters. The average Bonchev–Trinajstić information content (AvgIpc) is 3.07. The lowest BCUT2D eigenvalue weighted by molar-refractivity contribution is 0.602. The van der Waals surface area contributed by atoms with E-state index < -0.39 is 10.0 Å². The zero-order valence-electron chi connectivity index (χ0n) is 12.8. The Kier molecular flexibility index (Phi) is 3.90. The van der Waals surface area contributed by atoms with E-state index in [1.807, 2.05) is 20.8 Å². The molecule has 0 aromatic carbocycles. The van der Waals surface area contributed by atoms with Gasteiger partial charge in [0.15, 0.2) is 5.82 Å². The van der Waals surface area contributed by atoms with Crippen molar-refractivity contribution in [1.29, 1.82) is 0 Å². The predicted molar refractivity (Wildman–Crippen MR) is 88.5 cm³/mol. The third kappa shape index (κ3) is 3.10. The highest BCUT2D eigenvalue weighted by Crippen LogP contribution is 2.27. The molecule has 9 heteroatoms. The Bertz CT molecular complexity index is 922. The van der Waals surface area contributed by atoms with Crippen LogP contribution in [-0.2, 0) is 10.0 Å². The zero-order chi connectivity index (χ0) is 16.6. The molecule has 0 aliphatic rings. The van der Waals surface area contributed by atoms with Crippen LogP contribution >= 0.6 is 11.3 Å². The Labute approximate surface area is 138 Å². The topological polar surface area (TPSA) is 89.8 Å². The summed E-state index contributed by atoms with van der Waals surface area (Å²) in [4.78, 5) is 0.975. The van der Waals surface area contributed by atoms with Gasteiger partial charge >= 0.3 is 0 Å². The fourth-order valence-electron chi connectivity index (χ4n) is 1.93. The molecule has 0 aliphatic carbocycles. The summed E-state index contributed by atoms with van der Waals surface area (Å²) in [5.74, 6) is 0.753. The van der Waals surface area contributed by atoms with Crippen molar-refractivity contribution in [2.24, 2.45) is 0 Å². The van der Waals surface area contributed by atoms with Crippen molar-refractivity contribution >= 4 is 27.2 Å². The maximum absolute atomic E-state index is 12.5. The van der Waals surface area contributed by atoms with Gasteiger partial charge in [-0.3, -0.25) is 4.72 Å². The first-order chi connectivity index (χ1) is 10.9. The van der Waals surface area contributed by atoms with Gasteiger partial charge in [0.05, 0.1) is 11.9 Å². The second kappa shape index (κ2) is 5.74. The van der Waals surface area contributed by atoms with E-state index in [0.29, 0.717) is 11.6 Å². The molecule has 0 saturated heterocycles. The zero-order valence-corrected chi connectivity index (χ0v) is 14.4. The van der Waals surface area contributed by atoms with E-state index in [4.69, 9.17) is 0 Å². The average molecular weight is 349 g/mol. The van der Waals surface area contributed by atoms with Gasteiger partial charge in [0.25, 0.3) is 10.0 Å². The highest BCUT2D eigenvalue weighted by Gasteiger charge is 2.20. The van der Waals surface area contributed by atoms with Gasteiger partial charge in [0, 0.05) is 10.9 Å². The van der Waals surface area contributed by atoms with Gasteiger partial charge in [0.2, 0.25) is 0 Å². The van der Waals surface area contributed by atoms with Gasteiger partial charge in [-0.15, -0.1) is 16.4 Å². The molecule has 0 bridgehead atoms. The van der Waals surface area contributed by atoms with Gasteiger partial charge in [-0.25, -0.2) is 8.42 Å². The molecular formula is C14H15N5O2S2. The minimum atomic E-state index is -3.66. The predicted octanol–water partition coefficient (Wildman–Crippen LogP) is 2.45. The van der Waals surface area contributed by atoms with Crippen LogP contribution in [0.2, 0.25) is 0 Å². The van der Waals surface area contributed by atoms with Crippen molar-refractivity contribution in [2.75, 3.05) is 4.72 Å². The number of thiophene rings is 1. The lowest BCUT2D eigenvalue weighted by Gasteiger charge is -2.08. The maximum atomic E-state index is 12.5. The summed E-state index contributed by atoms with van der Waals surface area (Å²) in [5, 5.41) is 12.1. The van der Waals surface area contributed by atoms with Crippen molar-refractivity contribution in [3.63, 3.8) is 0 Å². The third-order valence-corrected chi connectivity index (χ3v) is 6.27. The van der Waals surface area contributed by atoms with Crippen LogP contribution in [0, 0.1) is 20.8 Å². The van der Waals surface area contributed by atoms with E-state index in [1.54, 1.807) is 24.3 Å². The van der Waals surface area contributed by atoms with Crippen molar-refractivity contribution in [2.45, 2.75) is 25.0 Å². The molecular weight excluding hydrogens is 334 g/mol. The number of anilines is 1. The van der Waals surface area contributed by atoms with Gasteiger partial charge in [-0.2, -0.15) is 14.9 Å². The SMILES string of the molecule is Cc1ccc(-n2nccc2NS(=O)(=O)c2cc(C)c(C)s2)nn1. The Morgan fingerprint density at radius 2 is 1.91 bits per heavy atom. The molecule has 0 fully saturated rings. The standard InChI is InChI=1S/C14H15N5O2S2/c1-9-8-14(22-11(9)3)23(20,21)18-13-6-7-15-19(13)12-5-4-10(2)16-17-12/h4-8,18H,1-3H3. The normalized spacial score (nSPS) is 11.6. The Morgan fingerprint density at radius 1 is 1.13 bits per heavy atom. The van der Waals surface area contributed by atoms with Crippen LogP contribution in [0.25, 0.3) is 5.82 Å². The number of sulfonamides is 1. The van der Waals surface area contributed by atoms with Crippen molar-refractivity contribution in [3.05, 3.63) is 46.6 Å². The van der Waals surface area contributed by atoms with Gasteiger partial charge in [-0.1, -0.05) is 0 Å². The fourth-order valence-corrected chi connectivity index (χ4v) is 4.49. The summed E-state index contributed by atoms with van der Waals surface area (Å²) < 4.78 is 29.3. The quantitative estimate of drug-likeness (QED) is 0.781. The lowest BCUT2D eigenvalue weighted by Crippen LogP contribution is -2.15. The molecule has 0 aliphatic heterocycles. The number of nitrogens with zero attached hydrogens (tertiary/aromatic N) is 4. The van der Waals surface area contributed by atoms with Crippen LogP contribution in [0.3, 0.4) is 0 Å². The molecule has 3 rings (SSSR count). The van der Waals surface area contributed by atoms with Gasteiger partial charge in [-0.05, 0) is 44.5 Å². The number of nitrogens with one attached hydrogen (secondary N) is 1. The highest BCUT2D eigenvalue weighted by molar-refractivity contribution is 7.94. The second-order valence-electron chi connectivity index (χ2n) is 5.07. The van der Waals surface area contributed by atoms with E-state index in [0.717, 1.165) is 16.1 Å². The van der Waals surface area contributed by atoms with Crippen LogP contribution in [-0.4, -0.2) is 28.4 Å². The molecule has 0 atom stereocenters. The fraction of sp³-hybridized carbons (Fsp3) is 0.214. The summed E-state index contributed by atoms with van der Waals surface area (Å²) in [7, 11) is -3.66. The summed E-state index contributed by atoms with van der Waals surface area (Å²) >= 11 is 1.24. The molecule has 3 aromatic heterocycles. The van der Waals surface area contributed by atoms with E-state index in [2.05, 4.69) is 20.0 Å². The van der Waals surface area contributed by atoms with Crippen LogP contribution < -0.4 is 4.72 Å². The molecule has 120 valence electrons. The van der Waals surface area contributed by atoms with Crippen LogP contribution in [0.4, 0.5) is 5.82 Å². The van der Waals surface area contributed by atoms with Gasteiger partial charge in [0.1, 0.15) is 10.0 Å². The maximum Gasteiger partial charge on any atom is 0.272 e. The van der Waals surface area contributed by atoms with Crippen LogP contribution in [0.1, 0.15) is 16.1 Å². The minimum absolute atomic E-state index is 0.273. The van der Waals surface area contributed by atoms with Gasteiger partial charge < -0.3 is 0 Å². The van der Waals surface area contributed by atoms with Crippen molar-refractivity contribution in [3.8, 4) is 5.82 Å². The third-order valence-electron chi connectivity index (χ3n) is 3.29. The molecule has 3 aromatic rings. The Hall–Kier alpha value is -2.26. The number of aromatic nitrogens is 4. The van der Waals surface area contributed by atoms with Crippen molar-refractivity contribution in [1.82, 2.24) is 20.0 Å². The molecule has 1 N–H and O–H groups in total. The molecule has 7 nitrogen and oxygen atoms in total. The molecule has 3 heterocycles. The lowest BCUT2D eigenvalue weighted by atomic mass is 10.3. The molecule has 23 heavy (non-hydrogen) atoms. The minimum Gasteiger partial charge on any atom is -0.263 e. The first-order valence-corrected chi connectivity index (χ1v) is 9.11. The van der Waals surface area contributed by atoms with E-state index in [-0.39, 0.29) is 4.21 Å². The summed E-state index contributed by atoms with van der Waals surface area (Å²) in [6.45, 7) is 5.60. The molecule has 0 radical (unpaired) electrons. The molecule has 0 spiro atoms. The van der Waals surface area contributed by atoms with E-state index in [1.165, 1.54) is 22.2 Å². The number of hydrogen-bond donors (Lipinski definition) is 1. The van der Waals surface area contributed by atoms with Crippen LogP contribution in [0.5, 0.6) is 0 Å². The summed E-state index contributed by atoms with van der Waals surface area (Å²) in [6, 6.07) is 6.75. The van der Waals surface area contributed by atoms with Crippen LogP contribution in [0.15, 0.2) is 34.7 Å². The molecule has 0 saturated carbocycles. The largest absolute Gasteiger partial charge is 0.272 e. The number of hydrogen-bond acceptors (Lipinski definition) is 6. The Morgan fingerprint density at radius 3 is 2.52 bits per heavy atom. The second-order valence-corrected chi connectivity index (χ2v) is 8.24. The van der Waals surface area contributed by atoms with E-state index in [9.17, 15) is 8.42 Å². The Balaban J connectivity index is 1.95. The smallest absolute Gasteiger partial charge is 0.263 e. The monoisotopic (exact) mass is 349 g/mol. The number of rotatable bonds is 4. The summed E-state index contributed by atoms with van der Waals surface area (Å²) in [5.41, 5.74) is 1.72. The van der Waals surface area contributed by atoms with Crippen molar-refractivity contribution < 1.29 is 8.42 Å². The molecule has 0 amide bonds. The summed E-state index contributed by atoms with van der Waals surface area (Å²) in [6.07, 6.45) is 1.50.